The molecule has 0 unspecified atom stereocenters. The first-order valence-corrected chi connectivity index (χ1v) is 9.57. The van der Waals surface area contributed by atoms with E-state index in [1.165, 1.54) is 0 Å². The van der Waals surface area contributed by atoms with Gasteiger partial charge in [-0.3, -0.25) is 0 Å². The van der Waals surface area contributed by atoms with Gasteiger partial charge in [-0.2, -0.15) is 0 Å². The van der Waals surface area contributed by atoms with Crippen LogP contribution in [-0.4, -0.2) is 55.6 Å². The average Bonchev–Trinajstić information content (AvgIpc) is 2.72. The second-order valence-electron chi connectivity index (χ2n) is 6.07. The Labute approximate surface area is 218 Å². The molecule has 0 saturated heterocycles. The van der Waals surface area contributed by atoms with Crippen molar-refractivity contribution in [2.24, 2.45) is 0 Å². The molecule has 0 aliphatic carbocycles. The number of alkyl halides is 6. The molecule has 0 aromatic heterocycles. The van der Waals surface area contributed by atoms with E-state index in [2.05, 4.69) is 14.2 Å². The van der Waals surface area contributed by atoms with Crippen LogP contribution in [0.3, 0.4) is 0 Å². The third-order valence-electron chi connectivity index (χ3n) is 3.61. The van der Waals surface area contributed by atoms with Crippen LogP contribution in [0, 0.1) is 0 Å². The van der Waals surface area contributed by atoms with Crippen LogP contribution < -0.4 is 37.8 Å². The van der Waals surface area contributed by atoms with E-state index in [1.807, 2.05) is 0 Å². The summed E-state index contributed by atoms with van der Waals surface area (Å²) in [4.78, 5) is 22.1. The third kappa shape index (κ3) is 13.0. The molecule has 0 atom stereocenters. The van der Waals surface area contributed by atoms with Crippen LogP contribution in [0.25, 0.3) is 0 Å². The van der Waals surface area contributed by atoms with Gasteiger partial charge in [0.2, 0.25) is 0 Å². The number of rotatable bonds is 8. The number of aromatic carboxylic acids is 1. The molecule has 0 radical (unpaired) electrons. The molecule has 2 rings (SSSR count). The normalized spacial score (nSPS) is 10.4. The van der Waals surface area contributed by atoms with Gasteiger partial charge in [0, 0.05) is 12.1 Å². The van der Waals surface area contributed by atoms with Gasteiger partial charge in [0.25, 0.3) is 0 Å². The topological polar surface area (TPSA) is 131 Å². The van der Waals surface area contributed by atoms with Gasteiger partial charge in [-0.15, -0.1) is 26.3 Å². The molecule has 37 heavy (non-hydrogen) atoms. The molecule has 0 saturated carbocycles. The summed E-state index contributed by atoms with van der Waals surface area (Å²) >= 11 is 0. The van der Waals surface area contributed by atoms with Crippen molar-refractivity contribution in [3.05, 3.63) is 47.5 Å². The summed E-state index contributed by atoms with van der Waals surface area (Å²) < 4.78 is 93.8. The van der Waals surface area contributed by atoms with E-state index in [4.69, 9.17) is 14.6 Å². The zero-order chi connectivity index (χ0) is 26.8. The molecule has 9 nitrogen and oxygen atoms in total. The van der Waals surface area contributed by atoms with E-state index in [1.54, 1.807) is 13.8 Å². The first-order valence-electron chi connectivity index (χ1n) is 9.57. The Morgan fingerprint density at radius 2 is 1.16 bits per heavy atom. The standard InChI is InChI=1S/C11H11F3O4.C10H9F3O4.Li.H2O/c1-3-17-9-6-7(18-11(12,13)14)4-5-8(9)10(15)16-2;1-2-16-8-5-6(17-10(11,12)13)3-4-7(8)9(14)15;;/h4-6H,3H2,1-2H3;3-5H,2H2,1H3,(H,14,15);;1H2/q;;+1;/p-1. The second-order valence-corrected chi connectivity index (χ2v) is 6.07. The molecule has 2 aromatic carbocycles. The summed E-state index contributed by atoms with van der Waals surface area (Å²) in [6.07, 6.45) is -9.62. The van der Waals surface area contributed by atoms with Crippen LogP contribution in [0.5, 0.6) is 23.0 Å². The molecule has 0 fully saturated rings. The minimum absolute atomic E-state index is 0. The van der Waals surface area contributed by atoms with E-state index in [0.717, 1.165) is 43.5 Å². The SMILES string of the molecule is CCOc1cc(OC(F)(F)F)ccc1C(=O)O.CCOc1cc(OC(F)(F)F)ccc1C(=O)OC.[Li+].[OH-]. The Balaban J connectivity index is 0. The van der Waals surface area contributed by atoms with Crippen molar-refractivity contribution in [2.45, 2.75) is 26.6 Å². The number of hydrogen-bond acceptors (Lipinski definition) is 8. The van der Waals surface area contributed by atoms with Gasteiger partial charge in [0.05, 0.1) is 20.3 Å². The van der Waals surface area contributed by atoms with Crippen molar-refractivity contribution in [2.75, 3.05) is 20.3 Å². The summed E-state index contributed by atoms with van der Waals surface area (Å²) in [5, 5.41) is 8.77. The van der Waals surface area contributed by atoms with Crippen molar-refractivity contribution in [3.63, 3.8) is 0 Å². The van der Waals surface area contributed by atoms with Gasteiger partial charge in [-0.25, -0.2) is 9.59 Å². The Bertz CT molecular complexity index is 1010. The third-order valence-corrected chi connectivity index (χ3v) is 3.61. The van der Waals surface area contributed by atoms with Crippen LogP contribution in [0.15, 0.2) is 36.4 Å². The predicted molar refractivity (Wildman–Crippen MR) is 109 cm³/mol. The Morgan fingerprint density at radius 1 is 0.784 bits per heavy atom. The minimum atomic E-state index is -4.83. The molecule has 0 amide bonds. The molecule has 0 heterocycles. The van der Waals surface area contributed by atoms with Crippen LogP contribution in [0.2, 0.25) is 0 Å². The largest absolute Gasteiger partial charge is 1.00 e. The van der Waals surface area contributed by atoms with E-state index in [-0.39, 0.29) is 60.2 Å². The van der Waals surface area contributed by atoms with Gasteiger partial charge in [0.15, 0.2) is 0 Å². The monoisotopic (exact) mass is 538 g/mol. The molecular formula is C21H21F6LiO9. The van der Waals surface area contributed by atoms with Gasteiger partial charge >= 0.3 is 43.5 Å². The zero-order valence-electron chi connectivity index (χ0n) is 19.9. The van der Waals surface area contributed by atoms with E-state index < -0.39 is 36.2 Å². The predicted octanol–water partition coefficient (Wildman–Crippen LogP) is 2.28. The van der Waals surface area contributed by atoms with Crippen molar-refractivity contribution in [1.29, 1.82) is 0 Å². The molecule has 202 valence electrons. The number of esters is 1. The zero-order valence-corrected chi connectivity index (χ0v) is 19.9. The number of carboxylic acid groups (broad SMARTS) is 1. The maximum absolute atomic E-state index is 12.0. The quantitative estimate of drug-likeness (QED) is 0.306. The Hall–Kier alpha value is -3.28. The van der Waals surface area contributed by atoms with Crippen molar-refractivity contribution in [1.82, 2.24) is 0 Å². The fraction of sp³-hybridized carbons (Fsp3) is 0.333. The first kappa shape index (κ1) is 35.9. The van der Waals surface area contributed by atoms with Gasteiger partial charge < -0.3 is 34.3 Å². The number of carbonyl (C=O) groups is 2. The van der Waals surface area contributed by atoms with Gasteiger partial charge in [-0.05, 0) is 38.1 Å². The fourth-order valence-electron chi connectivity index (χ4n) is 2.40. The average molecular weight is 538 g/mol. The maximum atomic E-state index is 12.0. The van der Waals surface area contributed by atoms with Gasteiger partial charge in [-0.1, -0.05) is 0 Å². The van der Waals surface area contributed by atoms with Crippen LogP contribution >= 0.6 is 0 Å². The molecule has 0 aliphatic heterocycles. The van der Waals surface area contributed by atoms with E-state index in [9.17, 15) is 35.9 Å². The number of methoxy groups -OCH3 is 1. The smallest absolute Gasteiger partial charge is 0.870 e. The summed E-state index contributed by atoms with van der Waals surface area (Å²) in [5.41, 5.74) is -0.185. The van der Waals surface area contributed by atoms with Crippen LogP contribution in [-0.2, 0) is 4.74 Å². The Morgan fingerprint density at radius 3 is 1.49 bits per heavy atom. The molecule has 0 spiro atoms. The molecule has 16 heteroatoms. The molecule has 0 aliphatic rings. The summed E-state index contributed by atoms with van der Waals surface area (Å²) in [6.45, 7) is 3.55. The molecule has 0 bridgehead atoms. The fourth-order valence-corrected chi connectivity index (χ4v) is 2.40. The van der Waals surface area contributed by atoms with Crippen molar-refractivity contribution >= 4 is 11.9 Å². The van der Waals surface area contributed by atoms with Crippen molar-refractivity contribution < 1.29 is 89.1 Å². The Kier molecular flexibility index (Phi) is 15.3. The van der Waals surface area contributed by atoms with E-state index >= 15 is 0 Å². The van der Waals surface area contributed by atoms with Crippen molar-refractivity contribution in [3.8, 4) is 23.0 Å². The van der Waals surface area contributed by atoms with Crippen LogP contribution in [0.4, 0.5) is 26.3 Å². The number of hydrogen-bond donors (Lipinski definition) is 1. The van der Waals surface area contributed by atoms with E-state index in [0.29, 0.717) is 0 Å². The summed E-state index contributed by atoms with van der Waals surface area (Å²) in [5.74, 6) is -3.15. The number of ether oxygens (including phenoxy) is 5. The maximum Gasteiger partial charge on any atom is 1.00 e. The number of benzene rings is 2. The number of carbonyl (C=O) groups excluding carboxylic acids is 1. The summed E-state index contributed by atoms with van der Waals surface area (Å²) in [7, 11) is 1.16. The summed E-state index contributed by atoms with van der Waals surface area (Å²) in [6, 6.07) is 5.96. The first-order chi connectivity index (χ1) is 16.2. The van der Waals surface area contributed by atoms with Gasteiger partial charge in [0.1, 0.15) is 34.1 Å². The molecule has 2 N–H and O–H groups in total. The molecule has 2 aromatic rings. The second kappa shape index (κ2) is 15.7. The number of halogens is 6. The minimum Gasteiger partial charge on any atom is -0.870 e. The number of carboxylic acids is 1. The van der Waals surface area contributed by atoms with Crippen LogP contribution in [0.1, 0.15) is 34.6 Å². The molecular weight excluding hydrogens is 517 g/mol.